The third-order valence-electron chi connectivity index (χ3n) is 18.0. The van der Waals surface area contributed by atoms with Crippen LogP contribution in [0.15, 0.2) is 291 Å². The molecular weight excluding hydrogens is 941 g/mol. The predicted molar refractivity (Wildman–Crippen MR) is 326 cm³/mol. The maximum absolute atomic E-state index is 2.56. The Kier molecular flexibility index (Phi) is 10.1. The summed E-state index contributed by atoms with van der Waals surface area (Å²) in [7, 11) is 0. The van der Waals surface area contributed by atoms with Gasteiger partial charge in [0.25, 0.3) is 0 Å². The van der Waals surface area contributed by atoms with Gasteiger partial charge in [-0.25, -0.2) is 0 Å². The van der Waals surface area contributed by atoms with Gasteiger partial charge in [-0.2, -0.15) is 0 Å². The molecule has 0 fully saturated rings. The zero-order valence-corrected chi connectivity index (χ0v) is 43.2. The van der Waals surface area contributed by atoms with E-state index >= 15 is 0 Å². The number of hydrogen-bond donors (Lipinski definition) is 0. The van der Waals surface area contributed by atoms with Crippen LogP contribution < -0.4 is 9.80 Å². The summed E-state index contributed by atoms with van der Waals surface area (Å²) in [6.07, 6.45) is 15.1. The van der Waals surface area contributed by atoms with E-state index in [0.717, 1.165) is 47.7 Å². The Bertz CT molecular complexity index is 4300. The Morgan fingerprint density at radius 1 is 0.385 bits per heavy atom. The monoisotopic (exact) mass is 994 g/mol. The van der Waals surface area contributed by atoms with Crippen molar-refractivity contribution in [3.8, 4) is 11.1 Å². The summed E-state index contributed by atoms with van der Waals surface area (Å²) in [6.45, 7) is 0. The van der Waals surface area contributed by atoms with Crippen molar-refractivity contribution in [1.29, 1.82) is 0 Å². The van der Waals surface area contributed by atoms with Gasteiger partial charge in [0.15, 0.2) is 0 Å². The molecule has 0 heterocycles. The second-order valence-corrected chi connectivity index (χ2v) is 21.7. The fourth-order valence-corrected chi connectivity index (χ4v) is 15.0. The number of nitrogens with zero attached hydrogens (tertiary/aromatic N) is 2. The molecule has 0 radical (unpaired) electrons. The molecule has 0 aromatic heterocycles. The fraction of sp³-hybridized carbons (Fsp3) is 0.0789. The van der Waals surface area contributed by atoms with E-state index in [1.54, 1.807) is 0 Å². The first-order chi connectivity index (χ1) is 38.7. The molecule has 5 aliphatic carbocycles. The molecule has 2 nitrogen and oxygen atoms in total. The number of benzene rings is 11. The molecular formula is C76H54N2. The van der Waals surface area contributed by atoms with E-state index in [-0.39, 0.29) is 5.92 Å². The van der Waals surface area contributed by atoms with Gasteiger partial charge in [-0.05, 0) is 151 Å². The number of hydrogen-bond acceptors (Lipinski definition) is 2. The maximum Gasteiger partial charge on any atom is 0.0716 e. The first-order valence-corrected chi connectivity index (χ1v) is 27.7. The van der Waals surface area contributed by atoms with Gasteiger partial charge in [0.2, 0.25) is 0 Å². The van der Waals surface area contributed by atoms with Gasteiger partial charge in [-0.1, -0.05) is 231 Å². The Morgan fingerprint density at radius 3 is 1.55 bits per heavy atom. The molecule has 0 bridgehead atoms. The molecule has 11 aromatic carbocycles. The average Bonchev–Trinajstić information content (AvgIpc) is 3.73. The van der Waals surface area contributed by atoms with Crippen LogP contribution >= 0.6 is 0 Å². The standard InChI is InChI=1S/C76H54N2/c1-2-25-55(26-3-1)77(71-40-18-23-53-21-4-6-27-58(53)71)56-47-43-51(44-48-56)52-45-49-57(50-46-52)78(72-41-19-24-54-22-5-7-28-59(54)72)73-42-20-39-70-74(73)62-31-10-13-34-65(62)76(70)68-37-16-14-35-66(68)75(67-36-15-17-38-69(67)76)63-32-11-8-29-60(63)61-30-9-12-33-64(61)75/h1-8,10-29,31-33,35-50,65H,9,30,34H2. The van der Waals surface area contributed by atoms with Gasteiger partial charge in [-0.15, -0.1) is 0 Å². The average molecular weight is 995 g/mol. The largest absolute Gasteiger partial charge is 0.310 e. The van der Waals surface area contributed by atoms with E-state index in [4.69, 9.17) is 0 Å². The molecule has 1 unspecified atom stereocenters. The lowest BCUT2D eigenvalue weighted by Crippen LogP contribution is -2.46. The topological polar surface area (TPSA) is 6.48 Å². The first-order valence-electron chi connectivity index (χ1n) is 27.7. The van der Waals surface area contributed by atoms with Crippen LogP contribution in [0.2, 0.25) is 0 Å². The molecule has 11 aromatic rings. The highest BCUT2D eigenvalue weighted by molar-refractivity contribution is 6.04. The third kappa shape index (κ3) is 6.26. The highest BCUT2D eigenvalue weighted by Gasteiger charge is 2.62. The van der Waals surface area contributed by atoms with Crippen LogP contribution in [0.3, 0.4) is 0 Å². The summed E-state index contributed by atoms with van der Waals surface area (Å²) in [5, 5.41) is 4.87. The van der Waals surface area contributed by atoms with Crippen LogP contribution in [0.25, 0.3) is 43.8 Å². The van der Waals surface area contributed by atoms with Crippen LogP contribution in [0.5, 0.6) is 0 Å². The van der Waals surface area contributed by atoms with Crippen molar-refractivity contribution in [2.24, 2.45) is 5.92 Å². The van der Waals surface area contributed by atoms with Crippen molar-refractivity contribution < 1.29 is 0 Å². The normalized spacial score (nSPS) is 19.0. The lowest BCUT2D eigenvalue weighted by Gasteiger charge is -2.51. The van der Waals surface area contributed by atoms with Crippen LogP contribution in [-0.4, -0.2) is 0 Å². The van der Waals surface area contributed by atoms with Crippen molar-refractivity contribution in [3.63, 3.8) is 0 Å². The summed E-state index contributed by atoms with van der Waals surface area (Å²) in [4.78, 5) is 4.93. The molecule has 0 amide bonds. The van der Waals surface area contributed by atoms with Crippen LogP contribution in [0.4, 0.5) is 34.1 Å². The molecule has 78 heavy (non-hydrogen) atoms. The molecule has 0 saturated heterocycles. The minimum absolute atomic E-state index is 0.170. The maximum atomic E-state index is 2.56. The summed E-state index contributed by atoms with van der Waals surface area (Å²) in [6, 6.07) is 95.7. The zero-order valence-electron chi connectivity index (χ0n) is 43.2. The minimum Gasteiger partial charge on any atom is -0.310 e. The van der Waals surface area contributed by atoms with Crippen molar-refractivity contribution in [1.82, 2.24) is 0 Å². The minimum atomic E-state index is -0.457. The zero-order chi connectivity index (χ0) is 51.4. The highest BCUT2D eigenvalue weighted by Crippen LogP contribution is 2.70. The quantitative estimate of drug-likeness (QED) is 0.157. The molecule has 0 aliphatic heterocycles. The SMILES string of the molecule is C1=CCC2C(=C1)c1c(N(c3ccc(-c4ccc(N(c5ccccc5)c5cccc6ccccc56)cc4)cc3)c3cccc4ccccc34)cccc1C21c2ccccc2C2(C3=C(CCC=C3)c3ccccc32)c2ccccc21. The van der Waals surface area contributed by atoms with Gasteiger partial charge in [0.1, 0.15) is 0 Å². The van der Waals surface area contributed by atoms with Gasteiger partial charge >= 0.3 is 0 Å². The molecule has 0 N–H and O–H groups in total. The summed E-state index contributed by atoms with van der Waals surface area (Å²) < 4.78 is 0. The summed E-state index contributed by atoms with van der Waals surface area (Å²) in [5.74, 6) is 0.170. The van der Waals surface area contributed by atoms with Crippen LogP contribution in [0, 0.1) is 5.92 Å². The molecule has 2 spiro atoms. The Morgan fingerprint density at radius 2 is 0.885 bits per heavy atom. The Hall–Kier alpha value is -9.50. The number of allylic oxidation sites excluding steroid dienone is 8. The van der Waals surface area contributed by atoms with Crippen molar-refractivity contribution in [2.75, 3.05) is 9.80 Å². The fourth-order valence-electron chi connectivity index (χ4n) is 15.0. The smallest absolute Gasteiger partial charge is 0.0716 e. The van der Waals surface area contributed by atoms with E-state index in [1.807, 2.05) is 0 Å². The molecule has 5 aliphatic rings. The van der Waals surface area contributed by atoms with Crippen molar-refractivity contribution in [3.05, 3.63) is 335 Å². The highest BCUT2D eigenvalue weighted by atomic mass is 15.2. The lowest BCUT2D eigenvalue weighted by molar-refractivity contribution is 0.453. The Labute approximate surface area is 456 Å². The van der Waals surface area contributed by atoms with Crippen molar-refractivity contribution in [2.45, 2.75) is 30.1 Å². The number of para-hydroxylation sites is 1. The second kappa shape index (κ2) is 17.5. The van der Waals surface area contributed by atoms with E-state index < -0.39 is 10.8 Å². The Balaban J connectivity index is 0.868. The molecule has 16 rings (SSSR count). The molecule has 368 valence electrons. The third-order valence-corrected chi connectivity index (χ3v) is 18.0. The molecule has 1 atom stereocenters. The van der Waals surface area contributed by atoms with E-state index in [2.05, 4.69) is 295 Å². The predicted octanol–water partition coefficient (Wildman–Crippen LogP) is 19.7. The number of fused-ring (bicyclic) bond motifs is 17. The van der Waals surface area contributed by atoms with Gasteiger partial charge < -0.3 is 9.80 Å². The van der Waals surface area contributed by atoms with Gasteiger partial charge in [0, 0.05) is 39.3 Å². The van der Waals surface area contributed by atoms with Crippen LogP contribution in [-0.2, 0) is 10.8 Å². The molecule has 0 saturated carbocycles. The number of anilines is 6. The van der Waals surface area contributed by atoms with Crippen molar-refractivity contribution >= 4 is 66.8 Å². The van der Waals surface area contributed by atoms with Gasteiger partial charge in [0.05, 0.1) is 27.9 Å². The van der Waals surface area contributed by atoms with E-state index in [9.17, 15) is 0 Å². The summed E-state index contributed by atoms with van der Waals surface area (Å²) >= 11 is 0. The van der Waals surface area contributed by atoms with E-state index in [1.165, 1.54) is 99.6 Å². The van der Waals surface area contributed by atoms with Crippen LogP contribution in [0.1, 0.15) is 63.8 Å². The van der Waals surface area contributed by atoms with E-state index in [0.29, 0.717) is 0 Å². The summed E-state index contributed by atoms with van der Waals surface area (Å²) in [5.41, 5.74) is 23.9. The first kappa shape index (κ1) is 44.8. The lowest BCUT2D eigenvalue weighted by atomic mass is 9.50. The number of rotatable bonds is 7. The van der Waals surface area contributed by atoms with Gasteiger partial charge in [-0.3, -0.25) is 0 Å². The second-order valence-electron chi connectivity index (χ2n) is 21.7. The molecule has 2 heteroatoms.